The normalized spacial score (nSPS) is 10.6. The summed E-state index contributed by atoms with van der Waals surface area (Å²) >= 11 is 0. The Labute approximate surface area is 182 Å². The van der Waals surface area contributed by atoms with Crippen molar-refractivity contribution in [2.45, 2.75) is 0 Å². The Morgan fingerprint density at radius 1 is 0.938 bits per heavy atom. The summed E-state index contributed by atoms with van der Waals surface area (Å²) in [5.74, 6) is -0.573. The molecule has 0 bridgehead atoms. The van der Waals surface area contributed by atoms with Crippen molar-refractivity contribution in [3.05, 3.63) is 84.4 Å². The van der Waals surface area contributed by atoms with Gasteiger partial charge in [-0.15, -0.1) is 0 Å². The molecule has 0 saturated carbocycles. The number of fused-ring (bicyclic) bond motifs is 1. The summed E-state index contributed by atoms with van der Waals surface area (Å²) in [6.45, 7) is -0.331. The number of methoxy groups -OCH3 is 1. The Kier molecular flexibility index (Phi) is 6.03. The van der Waals surface area contributed by atoms with Gasteiger partial charge in [-0.3, -0.25) is 9.59 Å². The van der Waals surface area contributed by atoms with Crippen LogP contribution in [0.25, 0.3) is 11.0 Å². The zero-order valence-electron chi connectivity index (χ0n) is 17.1. The number of hydrogen-bond donors (Lipinski definition) is 2. The Hall–Kier alpha value is -4.33. The predicted molar refractivity (Wildman–Crippen MR) is 118 cm³/mol. The highest BCUT2D eigenvalue weighted by molar-refractivity contribution is 6.14. The molecule has 2 amide bonds. The molecular formula is C24H19FN2O5. The average Bonchev–Trinajstić information content (AvgIpc) is 3.17. The molecule has 8 heteroatoms. The molecule has 0 radical (unpaired) electrons. The van der Waals surface area contributed by atoms with E-state index in [2.05, 4.69) is 10.6 Å². The summed E-state index contributed by atoms with van der Waals surface area (Å²) in [7, 11) is 1.53. The number of halogens is 1. The van der Waals surface area contributed by atoms with Gasteiger partial charge in [-0.1, -0.05) is 18.2 Å². The Morgan fingerprint density at radius 3 is 2.50 bits per heavy atom. The molecule has 0 spiro atoms. The number of para-hydroxylation sites is 1. The summed E-state index contributed by atoms with van der Waals surface area (Å²) in [5, 5.41) is 6.00. The number of rotatable bonds is 7. The van der Waals surface area contributed by atoms with E-state index in [-0.39, 0.29) is 18.1 Å². The van der Waals surface area contributed by atoms with Gasteiger partial charge in [-0.2, -0.15) is 0 Å². The zero-order valence-corrected chi connectivity index (χ0v) is 17.1. The first kappa shape index (κ1) is 20.9. The van der Waals surface area contributed by atoms with E-state index in [9.17, 15) is 14.0 Å². The third kappa shape index (κ3) is 4.70. The fourth-order valence-electron chi connectivity index (χ4n) is 3.07. The third-order valence-electron chi connectivity index (χ3n) is 4.58. The molecule has 162 valence electrons. The number of anilines is 2. The molecule has 0 aliphatic heterocycles. The molecule has 7 nitrogen and oxygen atoms in total. The Bertz CT molecular complexity index is 1270. The van der Waals surface area contributed by atoms with Crippen LogP contribution in [0.2, 0.25) is 0 Å². The maximum Gasteiger partial charge on any atom is 0.293 e. The topological polar surface area (TPSA) is 89.8 Å². The second-order valence-electron chi connectivity index (χ2n) is 6.78. The standard InChI is InChI=1S/C24H19FN2O5/c1-30-18-6-4-5-16(13-18)26-24(29)23-22(19-7-2-3-8-20(19)32-23)27-21(28)14-31-17-11-9-15(25)10-12-17/h2-13H,14H2,1H3,(H,26,29)(H,27,28). The molecule has 0 aliphatic rings. The number of nitrogens with one attached hydrogen (secondary N) is 2. The highest BCUT2D eigenvalue weighted by Crippen LogP contribution is 2.31. The van der Waals surface area contributed by atoms with E-state index in [4.69, 9.17) is 13.9 Å². The lowest BCUT2D eigenvalue weighted by atomic mass is 10.2. The molecule has 3 aromatic carbocycles. The fraction of sp³-hybridized carbons (Fsp3) is 0.0833. The minimum Gasteiger partial charge on any atom is -0.497 e. The van der Waals surface area contributed by atoms with Crippen LogP contribution in [0.5, 0.6) is 11.5 Å². The molecule has 4 aromatic rings. The van der Waals surface area contributed by atoms with Gasteiger partial charge < -0.3 is 24.5 Å². The summed E-state index contributed by atoms with van der Waals surface area (Å²) in [5.41, 5.74) is 1.18. The minimum atomic E-state index is -0.538. The number of benzene rings is 3. The van der Waals surface area contributed by atoms with E-state index in [1.165, 1.54) is 31.4 Å². The molecule has 4 rings (SSSR count). The Morgan fingerprint density at radius 2 is 1.72 bits per heavy atom. The van der Waals surface area contributed by atoms with E-state index in [0.29, 0.717) is 28.2 Å². The molecule has 0 fully saturated rings. The van der Waals surface area contributed by atoms with Gasteiger partial charge in [0, 0.05) is 17.1 Å². The lowest BCUT2D eigenvalue weighted by Gasteiger charge is -2.09. The van der Waals surface area contributed by atoms with Gasteiger partial charge >= 0.3 is 0 Å². The number of ether oxygens (including phenoxy) is 2. The van der Waals surface area contributed by atoms with Gasteiger partial charge in [0.1, 0.15) is 28.6 Å². The van der Waals surface area contributed by atoms with E-state index in [0.717, 1.165) is 0 Å². The lowest BCUT2D eigenvalue weighted by molar-refractivity contribution is -0.118. The van der Waals surface area contributed by atoms with Crippen LogP contribution in [0, 0.1) is 5.82 Å². The maximum atomic E-state index is 13.0. The molecular weight excluding hydrogens is 415 g/mol. The first-order valence-electron chi connectivity index (χ1n) is 9.68. The van der Waals surface area contributed by atoms with Gasteiger partial charge in [0.2, 0.25) is 5.76 Å². The molecule has 1 heterocycles. The van der Waals surface area contributed by atoms with Crippen LogP contribution in [0.15, 0.2) is 77.2 Å². The molecule has 0 saturated heterocycles. The number of hydrogen-bond acceptors (Lipinski definition) is 5. The van der Waals surface area contributed by atoms with Crippen LogP contribution in [-0.2, 0) is 4.79 Å². The quantitative estimate of drug-likeness (QED) is 0.434. The second-order valence-corrected chi connectivity index (χ2v) is 6.78. The largest absolute Gasteiger partial charge is 0.497 e. The van der Waals surface area contributed by atoms with Crippen LogP contribution in [0.3, 0.4) is 0 Å². The SMILES string of the molecule is COc1cccc(NC(=O)c2oc3ccccc3c2NC(=O)COc2ccc(F)cc2)c1. The highest BCUT2D eigenvalue weighted by Gasteiger charge is 2.22. The van der Waals surface area contributed by atoms with Gasteiger partial charge in [0.05, 0.1) is 7.11 Å². The molecule has 1 aromatic heterocycles. The molecule has 0 atom stereocenters. The van der Waals surface area contributed by atoms with Crippen LogP contribution in [0.1, 0.15) is 10.6 Å². The van der Waals surface area contributed by atoms with Crippen LogP contribution in [-0.4, -0.2) is 25.5 Å². The monoisotopic (exact) mass is 434 g/mol. The van der Waals surface area contributed by atoms with E-state index < -0.39 is 17.6 Å². The van der Waals surface area contributed by atoms with Gasteiger partial charge in [-0.25, -0.2) is 4.39 Å². The smallest absolute Gasteiger partial charge is 0.293 e. The molecule has 0 unspecified atom stereocenters. The van der Waals surface area contributed by atoms with Crippen molar-refractivity contribution in [2.75, 3.05) is 24.4 Å². The zero-order chi connectivity index (χ0) is 22.5. The van der Waals surface area contributed by atoms with Gasteiger partial charge in [0.25, 0.3) is 11.8 Å². The van der Waals surface area contributed by atoms with Gasteiger partial charge in [0.15, 0.2) is 6.61 Å². The third-order valence-corrected chi connectivity index (χ3v) is 4.58. The first-order chi connectivity index (χ1) is 15.5. The molecule has 0 aliphatic carbocycles. The first-order valence-corrected chi connectivity index (χ1v) is 9.68. The maximum absolute atomic E-state index is 13.0. The molecule has 32 heavy (non-hydrogen) atoms. The predicted octanol–water partition coefficient (Wildman–Crippen LogP) is 4.85. The van der Waals surface area contributed by atoms with Crippen molar-refractivity contribution in [3.63, 3.8) is 0 Å². The van der Waals surface area contributed by atoms with E-state index in [1.54, 1.807) is 48.5 Å². The summed E-state index contributed by atoms with van der Waals surface area (Å²) in [6, 6.07) is 19.1. The number of furan rings is 1. The van der Waals surface area contributed by atoms with Crippen LogP contribution < -0.4 is 20.1 Å². The minimum absolute atomic E-state index is 0.0517. The Balaban J connectivity index is 1.54. The summed E-state index contributed by atoms with van der Waals surface area (Å²) in [6.07, 6.45) is 0. The lowest BCUT2D eigenvalue weighted by Crippen LogP contribution is -2.22. The average molecular weight is 434 g/mol. The van der Waals surface area contributed by atoms with E-state index >= 15 is 0 Å². The van der Waals surface area contributed by atoms with Crippen molar-refractivity contribution in [1.82, 2.24) is 0 Å². The van der Waals surface area contributed by atoms with Crippen molar-refractivity contribution >= 4 is 34.2 Å². The van der Waals surface area contributed by atoms with Crippen molar-refractivity contribution in [1.29, 1.82) is 0 Å². The molecule has 2 N–H and O–H groups in total. The van der Waals surface area contributed by atoms with Crippen LogP contribution >= 0.6 is 0 Å². The second kappa shape index (κ2) is 9.22. The number of carbonyl (C=O) groups excluding carboxylic acids is 2. The summed E-state index contributed by atoms with van der Waals surface area (Å²) in [4.78, 5) is 25.4. The highest BCUT2D eigenvalue weighted by atomic mass is 19.1. The van der Waals surface area contributed by atoms with Gasteiger partial charge in [-0.05, 0) is 48.5 Å². The fourth-order valence-corrected chi connectivity index (χ4v) is 3.07. The van der Waals surface area contributed by atoms with Crippen LogP contribution in [0.4, 0.5) is 15.8 Å². The number of carbonyl (C=O) groups is 2. The van der Waals surface area contributed by atoms with Crippen molar-refractivity contribution in [2.24, 2.45) is 0 Å². The van der Waals surface area contributed by atoms with Crippen molar-refractivity contribution in [3.8, 4) is 11.5 Å². The van der Waals surface area contributed by atoms with Crippen molar-refractivity contribution < 1.29 is 27.9 Å². The number of amides is 2. The van der Waals surface area contributed by atoms with E-state index in [1.807, 2.05) is 0 Å². The summed E-state index contributed by atoms with van der Waals surface area (Å²) < 4.78 is 29.3.